The smallest absolute Gasteiger partial charge is 0.0746 e. The molecule has 0 bridgehead atoms. The number of para-hydroxylation sites is 1. The van der Waals surface area contributed by atoms with Crippen LogP contribution >= 0.6 is 0 Å². The highest BCUT2D eigenvalue weighted by molar-refractivity contribution is 5.81. The summed E-state index contributed by atoms with van der Waals surface area (Å²) in [5.74, 6) is 0.687. The molecule has 2 aromatic rings. The molecule has 1 aliphatic rings. The molecule has 3 heteroatoms. The lowest BCUT2D eigenvalue weighted by Gasteiger charge is -2.34. The fourth-order valence-electron chi connectivity index (χ4n) is 3.18. The van der Waals surface area contributed by atoms with Gasteiger partial charge in [0.15, 0.2) is 0 Å². The van der Waals surface area contributed by atoms with Crippen molar-refractivity contribution in [1.82, 2.24) is 9.88 Å². The van der Waals surface area contributed by atoms with Crippen LogP contribution in [0.1, 0.15) is 18.9 Å². The molecule has 0 spiro atoms. The van der Waals surface area contributed by atoms with E-state index in [0.717, 1.165) is 31.6 Å². The Morgan fingerprint density at radius 2 is 2.11 bits per heavy atom. The number of likely N-dealkylation sites (tertiary alicyclic amines) is 1. The molecule has 1 fully saturated rings. The molecule has 3 rings (SSSR count). The summed E-state index contributed by atoms with van der Waals surface area (Å²) in [4.78, 5) is 6.99. The van der Waals surface area contributed by atoms with E-state index in [1.165, 1.54) is 10.9 Å². The lowest BCUT2D eigenvalue weighted by atomic mass is 9.96. The second-order valence-electron chi connectivity index (χ2n) is 5.79. The van der Waals surface area contributed by atoms with Crippen molar-refractivity contribution in [3.63, 3.8) is 0 Å². The average Bonchev–Trinajstić information content (AvgIpc) is 2.38. The van der Waals surface area contributed by atoms with E-state index in [1.807, 2.05) is 12.3 Å². The van der Waals surface area contributed by atoms with Gasteiger partial charge in [-0.05, 0) is 24.0 Å². The number of hydrogen-bond donors (Lipinski definition) is 1. The van der Waals surface area contributed by atoms with E-state index < -0.39 is 0 Å². The third-order valence-corrected chi connectivity index (χ3v) is 3.88. The third kappa shape index (κ3) is 2.77. The second-order valence-corrected chi connectivity index (χ2v) is 5.79. The number of piperidine rings is 1. The van der Waals surface area contributed by atoms with E-state index in [-0.39, 0.29) is 0 Å². The second kappa shape index (κ2) is 5.27. The summed E-state index contributed by atoms with van der Waals surface area (Å²) in [6, 6.07) is 10.8. The number of nitrogens with zero attached hydrogens (tertiary/aromatic N) is 2. The van der Waals surface area contributed by atoms with Gasteiger partial charge in [0.25, 0.3) is 0 Å². The maximum Gasteiger partial charge on any atom is 0.0746 e. The number of fused-ring (bicyclic) bond motifs is 1. The van der Waals surface area contributed by atoms with E-state index in [2.05, 4.69) is 41.1 Å². The summed E-state index contributed by atoms with van der Waals surface area (Å²) in [6.45, 7) is 5.37. The van der Waals surface area contributed by atoms with Gasteiger partial charge in [0.2, 0.25) is 0 Å². The Hall–Kier alpha value is -1.45. The molecule has 2 unspecified atom stereocenters. The minimum atomic E-state index is 0.312. The number of hydrogen-bond acceptors (Lipinski definition) is 3. The summed E-state index contributed by atoms with van der Waals surface area (Å²) in [5.41, 5.74) is 8.55. The van der Waals surface area contributed by atoms with Crippen molar-refractivity contribution in [2.75, 3.05) is 13.1 Å². The molecule has 0 radical (unpaired) electrons. The van der Waals surface area contributed by atoms with Gasteiger partial charge in [-0.25, -0.2) is 0 Å². The fraction of sp³-hybridized carbons (Fsp3) is 0.438. The van der Waals surface area contributed by atoms with Crippen LogP contribution in [0.2, 0.25) is 0 Å². The molecule has 0 aliphatic carbocycles. The van der Waals surface area contributed by atoms with Crippen molar-refractivity contribution < 1.29 is 0 Å². The molecular formula is C16H21N3. The maximum absolute atomic E-state index is 6.12. The zero-order valence-corrected chi connectivity index (χ0v) is 11.4. The van der Waals surface area contributed by atoms with Gasteiger partial charge in [0.1, 0.15) is 0 Å². The molecule has 100 valence electrons. The van der Waals surface area contributed by atoms with Crippen LogP contribution in [-0.2, 0) is 6.54 Å². The molecule has 2 atom stereocenters. The highest BCUT2D eigenvalue weighted by atomic mass is 15.1. The molecule has 3 nitrogen and oxygen atoms in total. The van der Waals surface area contributed by atoms with Crippen LogP contribution < -0.4 is 5.73 Å². The first kappa shape index (κ1) is 12.6. The van der Waals surface area contributed by atoms with Crippen LogP contribution in [0.4, 0.5) is 0 Å². The minimum absolute atomic E-state index is 0.312. The Morgan fingerprint density at radius 1 is 1.26 bits per heavy atom. The Kier molecular flexibility index (Phi) is 3.49. The predicted octanol–water partition coefficient (Wildman–Crippen LogP) is 2.40. The highest BCUT2D eigenvalue weighted by Gasteiger charge is 2.22. The Labute approximate surface area is 114 Å². The van der Waals surface area contributed by atoms with Gasteiger partial charge in [-0.3, -0.25) is 9.88 Å². The van der Waals surface area contributed by atoms with Crippen LogP contribution in [0.15, 0.2) is 36.5 Å². The van der Waals surface area contributed by atoms with E-state index in [9.17, 15) is 0 Å². The van der Waals surface area contributed by atoms with Crippen LogP contribution in [0.5, 0.6) is 0 Å². The van der Waals surface area contributed by atoms with Gasteiger partial charge in [0, 0.05) is 37.3 Å². The summed E-state index contributed by atoms with van der Waals surface area (Å²) < 4.78 is 0. The summed E-state index contributed by atoms with van der Waals surface area (Å²) in [5, 5.41) is 1.22. The first-order valence-electron chi connectivity index (χ1n) is 7.03. The Morgan fingerprint density at radius 3 is 2.95 bits per heavy atom. The van der Waals surface area contributed by atoms with Crippen molar-refractivity contribution in [1.29, 1.82) is 0 Å². The Bertz CT molecular complexity index is 551. The summed E-state index contributed by atoms with van der Waals surface area (Å²) in [6.07, 6.45) is 3.01. The van der Waals surface area contributed by atoms with Gasteiger partial charge in [-0.2, -0.15) is 0 Å². The first-order chi connectivity index (χ1) is 9.22. The number of rotatable bonds is 2. The third-order valence-electron chi connectivity index (χ3n) is 3.88. The Balaban J connectivity index is 1.85. The van der Waals surface area contributed by atoms with Crippen LogP contribution in [-0.4, -0.2) is 29.0 Å². The summed E-state index contributed by atoms with van der Waals surface area (Å²) >= 11 is 0. The molecule has 19 heavy (non-hydrogen) atoms. The number of nitrogens with two attached hydrogens (primary N) is 1. The lowest BCUT2D eigenvalue weighted by Crippen LogP contribution is -2.45. The van der Waals surface area contributed by atoms with Crippen molar-refractivity contribution in [2.45, 2.75) is 25.9 Å². The van der Waals surface area contributed by atoms with Crippen molar-refractivity contribution in [2.24, 2.45) is 11.7 Å². The highest BCUT2D eigenvalue weighted by Crippen LogP contribution is 2.21. The van der Waals surface area contributed by atoms with Crippen molar-refractivity contribution >= 4 is 10.9 Å². The van der Waals surface area contributed by atoms with Crippen LogP contribution in [0.25, 0.3) is 10.9 Å². The number of benzene rings is 1. The zero-order chi connectivity index (χ0) is 13.2. The fourth-order valence-corrected chi connectivity index (χ4v) is 3.18. The SMILES string of the molecule is CC1CC(N)CN(Cc2cccc3cccnc23)C1. The monoisotopic (exact) mass is 255 g/mol. The van der Waals surface area contributed by atoms with Crippen LogP contribution in [0, 0.1) is 5.92 Å². The molecule has 1 aromatic carbocycles. The van der Waals surface area contributed by atoms with Gasteiger partial charge in [-0.1, -0.05) is 31.2 Å². The number of pyridine rings is 1. The van der Waals surface area contributed by atoms with Gasteiger partial charge < -0.3 is 5.73 Å². The van der Waals surface area contributed by atoms with E-state index in [4.69, 9.17) is 5.73 Å². The van der Waals surface area contributed by atoms with Crippen molar-refractivity contribution in [3.05, 3.63) is 42.1 Å². The lowest BCUT2D eigenvalue weighted by molar-refractivity contribution is 0.159. The standard InChI is InChI=1S/C16H21N3/c1-12-8-15(17)11-19(9-12)10-14-5-2-4-13-6-3-7-18-16(13)14/h2-7,12,15H,8-11,17H2,1H3. The molecule has 1 aliphatic heterocycles. The maximum atomic E-state index is 6.12. The normalized spacial score (nSPS) is 24.7. The topological polar surface area (TPSA) is 42.1 Å². The summed E-state index contributed by atoms with van der Waals surface area (Å²) in [7, 11) is 0. The van der Waals surface area contributed by atoms with E-state index in [0.29, 0.717) is 12.0 Å². The predicted molar refractivity (Wildman–Crippen MR) is 78.8 cm³/mol. The molecule has 1 saturated heterocycles. The molecule has 0 saturated carbocycles. The quantitative estimate of drug-likeness (QED) is 0.896. The average molecular weight is 255 g/mol. The molecular weight excluding hydrogens is 234 g/mol. The van der Waals surface area contributed by atoms with E-state index in [1.54, 1.807) is 0 Å². The van der Waals surface area contributed by atoms with Gasteiger partial charge >= 0.3 is 0 Å². The van der Waals surface area contributed by atoms with Crippen molar-refractivity contribution in [3.8, 4) is 0 Å². The zero-order valence-electron chi connectivity index (χ0n) is 11.4. The van der Waals surface area contributed by atoms with Gasteiger partial charge in [-0.15, -0.1) is 0 Å². The molecule has 2 N–H and O–H groups in total. The largest absolute Gasteiger partial charge is 0.327 e. The molecule has 2 heterocycles. The molecule has 1 aromatic heterocycles. The number of aromatic nitrogens is 1. The first-order valence-corrected chi connectivity index (χ1v) is 7.03. The van der Waals surface area contributed by atoms with Gasteiger partial charge in [0.05, 0.1) is 5.52 Å². The van der Waals surface area contributed by atoms with Crippen LogP contribution in [0.3, 0.4) is 0 Å². The molecule has 0 amide bonds. The van der Waals surface area contributed by atoms with E-state index >= 15 is 0 Å². The minimum Gasteiger partial charge on any atom is -0.327 e.